The van der Waals surface area contributed by atoms with Gasteiger partial charge in [-0.3, -0.25) is 9.00 Å². The molecule has 1 fully saturated rings. The van der Waals surface area contributed by atoms with Crippen LogP contribution < -0.4 is 10.3 Å². The molecule has 1 unspecified atom stereocenters. The number of fused-ring (bicyclic) bond motifs is 1. The zero-order chi connectivity index (χ0) is 20.0. The molecule has 2 heterocycles. The van der Waals surface area contributed by atoms with Crippen molar-refractivity contribution < 1.29 is 18.8 Å². The fourth-order valence-electron chi connectivity index (χ4n) is 2.92. The summed E-state index contributed by atoms with van der Waals surface area (Å²) in [5.41, 5.74) is -0.661. The summed E-state index contributed by atoms with van der Waals surface area (Å²) in [4.78, 5) is 23.5. The molecule has 8 nitrogen and oxygen atoms in total. The summed E-state index contributed by atoms with van der Waals surface area (Å²) in [5, 5.41) is 17.4. The molecule has 0 amide bonds. The Labute approximate surface area is 158 Å². The van der Waals surface area contributed by atoms with E-state index in [4.69, 9.17) is 4.74 Å². The molecule has 1 aliphatic rings. The molecule has 0 radical (unpaired) electrons. The summed E-state index contributed by atoms with van der Waals surface area (Å²) in [7, 11) is 0.262. The Balaban J connectivity index is 1.96. The molecular formula is C18H21N3O5S. The number of hydrogen-bond donors (Lipinski definition) is 1. The Bertz CT molecular complexity index is 1020. The summed E-state index contributed by atoms with van der Waals surface area (Å²) in [6.45, 7) is 7.65. The Morgan fingerprint density at radius 1 is 1.52 bits per heavy atom. The van der Waals surface area contributed by atoms with Crippen molar-refractivity contribution in [1.29, 1.82) is 0 Å². The summed E-state index contributed by atoms with van der Waals surface area (Å²) in [6.07, 6.45) is 4.58. The average Bonchev–Trinajstić information content (AvgIpc) is 3.42. The fraction of sp³-hybridized carbons (Fsp3) is 0.444. The number of hydrogen-bond acceptors (Lipinski definition) is 6. The van der Waals surface area contributed by atoms with Gasteiger partial charge in [0.2, 0.25) is 0 Å². The van der Waals surface area contributed by atoms with Gasteiger partial charge in [0, 0.05) is 23.2 Å². The smallest absolute Gasteiger partial charge is 0.341 e. The van der Waals surface area contributed by atoms with E-state index in [-0.39, 0.29) is 18.1 Å². The van der Waals surface area contributed by atoms with Crippen molar-refractivity contribution in [3.63, 3.8) is 0 Å². The maximum atomic E-state index is 12.9. The number of rotatable bonds is 7. The van der Waals surface area contributed by atoms with Crippen molar-refractivity contribution in [2.75, 3.05) is 6.61 Å². The second-order valence-electron chi connectivity index (χ2n) is 7.23. The predicted octanol–water partition coefficient (Wildman–Crippen LogP) is 1.65. The molecule has 0 aliphatic heterocycles. The van der Waals surface area contributed by atoms with Gasteiger partial charge in [0.1, 0.15) is 17.7 Å². The van der Waals surface area contributed by atoms with Crippen molar-refractivity contribution in [2.45, 2.75) is 36.2 Å². The van der Waals surface area contributed by atoms with Crippen molar-refractivity contribution in [2.24, 2.45) is 7.05 Å². The van der Waals surface area contributed by atoms with Crippen LogP contribution in [0.2, 0.25) is 0 Å². The van der Waals surface area contributed by atoms with Gasteiger partial charge in [0.25, 0.3) is 11.4 Å². The van der Waals surface area contributed by atoms with E-state index in [1.165, 1.54) is 23.9 Å². The number of pyridine rings is 1. The number of carboxylic acids is 1. The van der Waals surface area contributed by atoms with Crippen molar-refractivity contribution >= 4 is 27.7 Å². The molecule has 0 bridgehead atoms. The molecule has 9 heteroatoms. The van der Waals surface area contributed by atoms with Crippen molar-refractivity contribution in [1.82, 2.24) is 14.8 Å². The maximum Gasteiger partial charge on any atom is 0.341 e. The number of ether oxygens (including phenoxy) is 1. The van der Waals surface area contributed by atoms with E-state index >= 15 is 0 Å². The van der Waals surface area contributed by atoms with Crippen LogP contribution in [0.25, 0.3) is 10.9 Å². The first kappa shape index (κ1) is 19.2. The van der Waals surface area contributed by atoms with Crippen LogP contribution in [-0.2, 0) is 17.8 Å². The number of aryl methyl sites for hydroxylation is 1. The molecule has 27 heavy (non-hydrogen) atoms. The fourth-order valence-corrected chi connectivity index (χ4v) is 4.83. The Hall–Kier alpha value is -2.55. The molecule has 0 saturated heterocycles. The van der Waals surface area contributed by atoms with E-state index in [1.54, 1.807) is 6.08 Å². The third-order valence-electron chi connectivity index (χ3n) is 4.86. The largest absolute Gasteiger partial charge is 0.477 e. The lowest BCUT2D eigenvalue weighted by atomic mass is 10.2. The molecule has 0 spiro atoms. The lowest BCUT2D eigenvalue weighted by molar-refractivity contribution is 0.0694. The highest BCUT2D eigenvalue weighted by Crippen LogP contribution is 2.46. The van der Waals surface area contributed by atoms with Crippen molar-refractivity contribution in [3.8, 4) is 5.88 Å². The lowest BCUT2D eigenvalue weighted by Gasteiger charge is -2.26. The van der Waals surface area contributed by atoms with Crippen LogP contribution >= 0.6 is 0 Å². The number of aromatic nitrogens is 3. The predicted molar refractivity (Wildman–Crippen MR) is 102 cm³/mol. The first-order chi connectivity index (χ1) is 12.6. The highest BCUT2D eigenvalue weighted by molar-refractivity contribution is 7.88. The van der Waals surface area contributed by atoms with Gasteiger partial charge in [-0.15, -0.1) is 11.7 Å². The second kappa shape index (κ2) is 6.56. The molecule has 0 aromatic carbocycles. The van der Waals surface area contributed by atoms with Gasteiger partial charge in [-0.1, -0.05) is 6.08 Å². The van der Waals surface area contributed by atoms with Gasteiger partial charge < -0.3 is 14.4 Å². The summed E-state index contributed by atoms with van der Waals surface area (Å²) < 4.78 is 18.9. The van der Waals surface area contributed by atoms with Crippen LogP contribution in [0.4, 0.5) is 0 Å². The van der Waals surface area contributed by atoms with Gasteiger partial charge in [0.05, 0.1) is 15.7 Å². The minimum Gasteiger partial charge on any atom is -0.477 e. The first-order valence-corrected chi connectivity index (χ1v) is 9.55. The standard InChI is InChI=1S/C18H21N3O5S/c1-5-17(2,3)27(25)18(6-7-18)10-26-14-13-11(9-19-20-14)8-12(16(23)24)15(22)21(13)4/h5,8-9H,1,6-7,10H2,2-4H3,(H,23,24). The zero-order valence-corrected chi connectivity index (χ0v) is 16.2. The third-order valence-corrected chi connectivity index (χ3v) is 7.30. The zero-order valence-electron chi connectivity index (χ0n) is 15.4. The molecule has 1 atom stereocenters. The molecule has 1 aliphatic carbocycles. The molecular weight excluding hydrogens is 370 g/mol. The van der Waals surface area contributed by atoms with Crippen LogP contribution in [0, 0.1) is 0 Å². The number of carbonyl (C=O) groups is 1. The Morgan fingerprint density at radius 3 is 2.74 bits per heavy atom. The minimum absolute atomic E-state index is 0.115. The quantitative estimate of drug-likeness (QED) is 0.714. The van der Waals surface area contributed by atoms with E-state index in [1.807, 2.05) is 13.8 Å². The second-order valence-corrected chi connectivity index (χ2v) is 9.68. The number of nitrogens with zero attached hydrogens (tertiary/aromatic N) is 3. The topological polar surface area (TPSA) is 111 Å². The SMILES string of the molecule is C=CC(C)(C)S(=O)C1(COc2nncc3cc(C(=O)O)c(=O)n(C)c23)CC1. The first-order valence-electron chi connectivity index (χ1n) is 8.40. The highest BCUT2D eigenvalue weighted by atomic mass is 32.2. The van der Waals surface area contributed by atoms with Crippen molar-refractivity contribution in [3.05, 3.63) is 40.8 Å². The molecule has 144 valence electrons. The summed E-state index contributed by atoms with van der Waals surface area (Å²) >= 11 is 0. The van der Waals surface area contributed by atoms with Gasteiger partial charge in [-0.2, -0.15) is 5.10 Å². The van der Waals surface area contributed by atoms with E-state index in [9.17, 15) is 18.9 Å². The van der Waals surface area contributed by atoms with E-state index in [2.05, 4.69) is 16.8 Å². The lowest BCUT2D eigenvalue weighted by Crippen LogP contribution is -2.37. The molecule has 1 saturated carbocycles. The Kier molecular flexibility index (Phi) is 4.67. The maximum absolute atomic E-state index is 12.9. The summed E-state index contributed by atoms with van der Waals surface area (Å²) in [5.74, 6) is -1.19. The van der Waals surface area contributed by atoms with Gasteiger partial charge in [-0.25, -0.2) is 4.79 Å². The van der Waals surface area contributed by atoms with Crippen LogP contribution in [0.3, 0.4) is 0 Å². The molecule has 3 rings (SSSR count). The molecule has 2 aromatic rings. The summed E-state index contributed by atoms with van der Waals surface area (Å²) in [6, 6.07) is 1.26. The van der Waals surface area contributed by atoms with Gasteiger partial charge >= 0.3 is 5.97 Å². The minimum atomic E-state index is -1.31. The highest BCUT2D eigenvalue weighted by Gasteiger charge is 2.53. The van der Waals surface area contributed by atoms with Gasteiger partial charge in [0.15, 0.2) is 0 Å². The van der Waals surface area contributed by atoms with Crippen LogP contribution in [-0.4, -0.2) is 46.2 Å². The van der Waals surface area contributed by atoms with Crippen LogP contribution in [0.15, 0.2) is 29.7 Å². The van der Waals surface area contributed by atoms with Crippen LogP contribution in [0.5, 0.6) is 5.88 Å². The number of aromatic carboxylic acids is 1. The van der Waals surface area contributed by atoms with Crippen LogP contribution in [0.1, 0.15) is 37.0 Å². The molecule has 1 N–H and O–H groups in total. The Morgan fingerprint density at radius 2 is 2.19 bits per heavy atom. The number of carboxylic acid groups (broad SMARTS) is 1. The normalized spacial score (nSPS) is 16.7. The monoisotopic (exact) mass is 391 g/mol. The van der Waals surface area contributed by atoms with E-state index in [0.717, 1.165) is 12.8 Å². The van der Waals surface area contributed by atoms with E-state index in [0.29, 0.717) is 10.9 Å². The van der Waals surface area contributed by atoms with Gasteiger partial charge in [-0.05, 0) is 32.8 Å². The molecule has 2 aromatic heterocycles. The van der Waals surface area contributed by atoms with E-state index < -0.39 is 31.8 Å². The average molecular weight is 391 g/mol. The third kappa shape index (κ3) is 3.27.